The van der Waals surface area contributed by atoms with Crippen LogP contribution in [0.25, 0.3) is 0 Å². The smallest absolute Gasteiger partial charge is 0.257 e. The zero-order valence-corrected chi connectivity index (χ0v) is 16.7. The second-order valence-corrected chi connectivity index (χ2v) is 7.34. The van der Waals surface area contributed by atoms with Gasteiger partial charge in [-0.1, -0.05) is 6.07 Å². The van der Waals surface area contributed by atoms with Crippen molar-refractivity contribution in [3.05, 3.63) is 77.4 Å². The van der Waals surface area contributed by atoms with Crippen LogP contribution in [-0.4, -0.2) is 27.9 Å². The molecule has 6 heteroatoms. The van der Waals surface area contributed by atoms with Crippen LogP contribution in [0.4, 0.5) is 11.4 Å². The van der Waals surface area contributed by atoms with Gasteiger partial charge in [0.25, 0.3) is 5.91 Å². The molecular formula is C23H24N4O2. The predicted molar refractivity (Wildman–Crippen MR) is 113 cm³/mol. The van der Waals surface area contributed by atoms with E-state index in [1.165, 1.54) is 0 Å². The molecule has 1 aliphatic rings. The highest BCUT2D eigenvalue weighted by Crippen LogP contribution is 2.24. The van der Waals surface area contributed by atoms with Crippen LogP contribution in [0.3, 0.4) is 0 Å². The summed E-state index contributed by atoms with van der Waals surface area (Å²) in [5.74, 6) is 0.0116. The van der Waals surface area contributed by atoms with Crippen molar-refractivity contribution in [2.75, 3.05) is 16.8 Å². The highest BCUT2D eigenvalue weighted by atomic mass is 16.2. The second kappa shape index (κ2) is 7.91. The van der Waals surface area contributed by atoms with Crippen LogP contribution in [-0.2, 0) is 11.3 Å². The van der Waals surface area contributed by atoms with Gasteiger partial charge in [0.05, 0.1) is 17.8 Å². The number of aryl methyl sites for hydroxylation is 1. The van der Waals surface area contributed by atoms with Crippen molar-refractivity contribution in [3.8, 4) is 0 Å². The molecule has 0 radical (unpaired) electrons. The molecule has 1 N–H and O–H groups in total. The number of nitrogens with zero attached hydrogens (tertiary/aromatic N) is 3. The number of carbonyl (C=O) groups is 2. The van der Waals surface area contributed by atoms with E-state index >= 15 is 0 Å². The third kappa shape index (κ3) is 3.92. The molecule has 29 heavy (non-hydrogen) atoms. The van der Waals surface area contributed by atoms with Crippen LogP contribution >= 0.6 is 0 Å². The lowest BCUT2D eigenvalue weighted by Gasteiger charge is -2.16. The summed E-state index contributed by atoms with van der Waals surface area (Å²) < 4.78 is 2.10. The van der Waals surface area contributed by atoms with Crippen LogP contribution < -0.4 is 10.2 Å². The van der Waals surface area contributed by atoms with Crippen molar-refractivity contribution in [1.82, 2.24) is 9.55 Å². The Balaban J connectivity index is 1.48. The van der Waals surface area contributed by atoms with Crippen LogP contribution in [0, 0.1) is 13.8 Å². The zero-order valence-electron chi connectivity index (χ0n) is 16.7. The molecule has 1 fully saturated rings. The van der Waals surface area contributed by atoms with E-state index < -0.39 is 0 Å². The van der Waals surface area contributed by atoms with Gasteiger partial charge in [-0.25, -0.2) is 0 Å². The van der Waals surface area contributed by atoms with E-state index in [0.717, 1.165) is 35.7 Å². The van der Waals surface area contributed by atoms with Crippen molar-refractivity contribution in [2.24, 2.45) is 0 Å². The lowest BCUT2D eigenvalue weighted by molar-refractivity contribution is -0.117. The maximum absolute atomic E-state index is 12.8. The monoisotopic (exact) mass is 388 g/mol. The van der Waals surface area contributed by atoms with Gasteiger partial charge in [-0.3, -0.25) is 14.6 Å². The third-order valence-corrected chi connectivity index (χ3v) is 5.37. The molecule has 0 bridgehead atoms. The molecule has 4 rings (SSSR count). The van der Waals surface area contributed by atoms with Crippen LogP contribution in [0.5, 0.6) is 0 Å². The number of pyridine rings is 1. The number of carbonyl (C=O) groups excluding carboxylic acids is 2. The summed E-state index contributed by atoms with van der Waals surface area (Å²) >= 11 is 0. The van der Waals surface area contributed by atoms with E-state index in [1.54, 1.807) is 11.1 Å². The standard InChI is InChI=1S/C23H24N4O2/c1-16-14-21(17(2)27(16)15-19-6-3-4-12-24-19)23(29)25-18-8-10-20(11-9-18)26-13-5-7-22(26)28/h3-4,6,8-12,14H,5,7,13,15H2,1-2H3,(H,25,29). The SMILES string of the molecule is Cc1cc(C(=O)Nc2ccc(N3CCCC3=O)cc2)c(C)n1Cc1ccccn1. The Morgan fingerprint density at radius 1 is 1.14 bits per heavy atom. The summed E-state index contributed by atoms with van der Waals surface area (Å²) in [7, 11) is 0. The van der Waals surface area contributed by atoms with Crippen molar-refractivity contribution in [1.29, 1.82) is 0 Å². The fourth-order valence-electron chi connectivity index (χ4n) is 3.77. The zero-order chi connectivity index (χ0) is 20.4. The number of amides is 2. The predicted octanol–water partition coefficient (Wildman–Crippen LogP) is 3.93. The average Bonchev–Trinajstić information content (AvgIpc) is 3.27. The lowest BCUT2D eigenvalue weighted by atomic mass is 10.2. The Bertz CT molecular complexity index is 1040. The highest BCUT2D eigenvalue weighted by molar-refractivity contribution is 6.05. The Kier molecular flexibility index (Phi) is 5.16. The van der Waals surface area contributed by atoms with Gasteiger partial charge < -0.3 is 14.8 Å². The fourth-order valence-corrected chi connectivity index (χ4v) is 3.77. The maximum Gasteiger partial charge on any atom is 0.257 e. The summed E-state index contributed by atoms with van der Waals surface area (Å²) in [6, 6.07) is 15.2. The van der Waals surface area contributed by atoms with Gasteiger partial charge in [0.15, 0.2) is 0 Å². The molecule has 0 aliphatic carbocycles. The molecule has 3 aromatic rings. The molecule has 0 spiro atoms. The van der Waals surface area contributed by atoms with Crippen molar-refractivity contribution >= 4 is 23.2 Å². The minimum absolute atomic E-state index is 0.143. The van der Waals surface area contributed by atoms with Crippen molar-refractivity contribution < 1.29 is 9.59 Å². The molecule has 2 aromatic heterocycles. The van der Waals surface area contributed by atoms with Gasteiger partial charge in [-0.2, -0.15) is 0 Å². The number of hydrogen-bond donors (Lipinski definition) is 1. The summed E-state index contributed by atoms with van der Waals surface area (Å²) in [4.78, 5) is 30.9. The third-order valence-electron chi connectivity index (χ3n) is 5.37. The maximum atomic E-state index is 12.8. The van der Waals surface area contributed by atoms with Gasteiger partial charge in [0.2, 0.25) is 5.91 Å². The average molecular weight is 388 g/mol. The highest BCUT2D eigenvalue weighted by Gasteiger charge is 2.21. The Morgan fingerprint density at radius 3 is 2.59 bits per heavy atom. The number of nitrogens with one attached hydrogen (secondary N) is 1. The van der Waals surface area contributed by atoms with Crippen molar-refractivity contribution in [2.45, 2.75) is 33.2 Å². The molecule has 1 saturated heterocycles. The lowest BCUT2D eigenvalue weighted by Crippen LogP contribution is -2.23. The Morgan fingerprint density at radius 2 is 1.93 bits per heavy atom. The summed E-state index contributed by atoms with van der Waals surface area (Å²) in [6.07, 6.45) is 3.27. The molecule has 3 heterocycles. The summed E-state index contributed by atoms with van der Waals surface area (Å²) in [5, 5.41) is 2.96. The number of anilines is 2. The number of rotatable bonds is 5. The first kappa shape index (κ1) is 18.9. The molecule has 6 nitrogen and oxygen atoms in total. The minimum atomic E-state index is -0.143. The first-order chi connectivity index (χ1) is 14.0. The van der Waals surface area contributed by atoms with Crippen molar-refractivity contribution in [3.63, 3.8) is 0 Å². The Hall–Kier alpha value is -3.41. The number of aromatic nitrogens is 2. The van der Waals surface area contributed by atoms with Gasteiger partial charge in [0, 0.05) is 41.9 Å². The second-order valence-electron chi connectivity index (χ2n) is 7.34. The molecular weight excluding hydrogens is 364 g/mol. The fraction of sp³-hybridized carbons (Fsp3) is 0.261. The van der Waals surface area contributed by atoms with E-state index in [1.807, 2.05) is 62.4 Å². The molecule has 0 saturated carbocycles. The molecule has 0 unspecified atom stereocenters. The first-order valence-electron chi connectivity index (χ1n) is 9.81. The molecule has 1 aliphatic heterocycles. The largest absolute Gasteiger partial charge is 0.342 e. The summed E-state index contributed by atoms with van der Waals surface area (Å²) in [5.41, 5.74) is 5.11. The minimum Gasteiger partial charge on any atom is -0.342 e. The van der Waals surface area contributed by atoms with Crippen LogP contribution in [0.15, 0.2) is 54.7 Å². The molecule has 0 atom stereocenters. The quantitative estimate of drug-likeness (QED) is 0.720. The van der Waals surface area contributed by atoms with E-state index in [2.05, 4.69) is 14.9 Å². The van der Waals surface area contributed by atoms with E-state index in [-0.39, 0.29) is 11.8 Å². The topological polar surface area (TPSA) is 67.2 Å². The van der Waals surface area contributed by atoms with E-state index in [4.69, 9.17) is 0 Å². The van der Waals surface area contributed by atoms with E-state index in [0.29, 0.717) is 24.2 Å². The number of benzene rings is 1. The normalized spacial score (nSPS) is 13.7. The Labute approximate surface area is 170 Å². The van der Waals surface area contributed by atoms with E-state index in [9.17, 15) is 9.59 Å². The molecule has 2 amide bonds. The van der Waals surface area contributed by atoms with Crippen LogP contribution in [0.2, 0.25) is 0 Å². The van der Waals surface area contributed by atoms with Gasteiger partial charge >= 0.3 is 0 Å². The molecule has 148 valence electrons. The van der Waals surface area contributed by atoms with Gasteiger partial charge in [0.1, 0.15) is 0 Å². The summed E-state index contributed by atoms with van der Waals surface area (Å²) in [6.45, 7) is 5.33. The van der Waals surface area contributed by atoms with Gasteiger partial charge in [-0.15, -0.1) is 0 Å². The number of hydrogen-bond acceptors (Lipinski definition) is 3. The van der Waals surface area contributed by atoms with Gasteiger partial charge in [-0.05, 0) is 62.7 Å². The molecule has 1 aromatic carbocycles. The first-order valence-corrected chi connectivity index (χ1v) is 9.81. The van der Waals surface area contributed by atoms with Crippen LogP contribution in [0.1, 0.15) is 40.3 Å².